The number of phenolic OH excluding ortho intramolecular Hbond substituents is 1. The first kappa shape index (κ1) is 27.5. The molecular formula is C27H27BrN2O7S. The maximum Gasteiger partial charge on any atom is 0.338 e. The summed E-state index contributed by atoms with van der Waals surface area (Å²) in [5.41, 5.74) is 1.69. The molecule has 1 aliphatic rings. The van der Waals surface area contributed by atoms with E-state index in [0.717, 1.165) is 0 Å². The number of rotatable bonds is 8. The van der Waals surface area contributed by atoms with Gasteiger partial charge in [-0.25, -0.2) is 9.79 Å². The first-order valence-electron chi connectivity index (χ1n) is 11.8. The highest BCUT2D eigenvalue weighted by Gasteiger charge is 2.34. The van der Waals surface area contributed by atoms with Gasteiger partial charge in [-0.3, -0.25) is 9.36 Å². The fraction of sp³-hybridized carbons (Fsp3) is 0.296. The van der Waals surface area contributed by atoms with Crippen molar-refractivity contribution >= 4 is 39.3 Å². The van der Waals surface area contributed by atoms with Crippen LogP contribution in [0.2, 0.25) is 0 Å². The van der Waals surface area contributed by atoms with Crippen LogP contribution in [0.4, 0.5) is 0 Å². The highest BCUT2D eigenvalue weighted by Crippen LogP contribution is 2.37. The summed E-state index contributed by atoms with van der Waals surface area (Å²) in [6, 6.07) is 7.82. The van der Waals surface area contributed by atoms with Crippen LogP contribution in [0.5, 0.6) is 23.0 Å². The molecule has 0 saturated carbocycles. The molecule has 4 rings (SSSR count). The Morgan fingerprint density at radius 3 is 2.53 bits per heavy atom. The van der Waals surface area contributed by atoms with Crippen molar-refractivity contribution in [3.8, 4) is 23.0 Å². The molecule has 38 heavy (non-hydrogen) atoms. The van der Waals surface area contributed by atoms with Crippen LogP contribution in [-0.2, 0) is 9.53 Å². The van der Waals surface area contributed by atoms with Crippen LogP contribution in [0, 0.1) is 0 Å². The normalized spacial score (nSPS) is 15.1. The van der Waals surface area contributed by atoms with Gasteiger partial charge in [-0.05, 0) is 78.2 Å². The number of halogens is 1. The van der Waals surface area contributed by atoms with Crippen molar-refractivity contribution < 1.29 is 28.8 Å². The van der Waals surface area contributed by atoms with Crippen molar-refractivity contribution in [2.75, 3.05) is 27.4 Å². The third-order valence-corrected chi connectivity index (χ3v) is 7.48. The molecule has 9 nitrogen and oxygen atoms in total. The van der Waals surface area contributed by atoms with Crippen LogP contribution >= 0.6 is 27.3 Å². The number of methoxy groups -OCH3 is 2. The van der Waals surface area contributed by atoms with Crippen LogP contribution in [-0.4, -0.2) is 43.1 Å². The molecular weight excluding hydrogens is 576 g/mol. The number of allylic oxidation sites excluding steroid dienone is 1. The molecule has 0 saturated heterocycles. The zero-order valence-electron chi connectivity index (χ0n) is 21.5. The highest BCUT2D eigenvalue weighted by atomic mass is 79.9. The third-order valence-electron chi connectivity index (χ3n) is 5.89. The monoisotopic (exact) mass is 602 g/mol. The van der Waals surface area contributed by atoms with Gasteiger partial charge in [0.1, 0.15) is 0 Å². The van der Waals surface area contributed by atoms with E-state index in [-0.39, 0.29) is 29.2 Å². The first-order valence-corrected chi connectivity index (χ1v) is 13.4. The summed E-state index contributed by atoms with van der Waals surface area (Å²) >= 11 is 4.51. The number of esters is 1. The van der Waals surface area contributed by atoms with Gasteiger partial charge in [-0.2, -0.15) is 0 Å². The van der Waals surface area contributed by atoms with Crippen molar-refractivity contribution in [2.45, 2.75) is 26.8 Å². The van der Waals surface area contributed by atoms with Gasteiger partial charge >= 0.3 is 5.97 Å². The second-order valence-electron chi connectivity index (χ2n) is 8.20. The summed E-state index contributed by atoms with van der Waals surface area (Å²) in [6.07, 6.45) is 1.69. The zero-order chi connectivity index (χ0) is 27.6. The Balaban J connectivity index is 1.97. The van der Waals surface area contributed by atoms with E-state index in [1.165, 1.54) is 23.0 Å². The van der Waals surface area contributed by atoms with E-state index in [2.05, 4.69) is 20.9 Å². The highest BCUT2D eigenvalue weighted by molar-refractivity contribution is 9.10. The van der Waals surface area contributed by atoms with E-state index in [1.54, 1.807) is 57.4 Å². The molecule has 200 valence electrons. The van der Waals surface area contributed by atoms with E-state index in [0.29, 0.717) is 48.7 Å². The van der Waals surface area contributed by atoms with Crippen molar-refractivity contribution in [3.05, 3.63) is 76.9 Å². The lowest BCUT2D eigenvalue weighted by atomic mass is 9.95. The van der Waals surface area contributed by atoms with Crippen LogP contribution in [0.1, 0.15) is 37.9 Å². The quantitative estimate of drug-likeness (QED) is 0.392. The van der Waals surface area contributed by atoms with Crippen molar-refractivity contribution in [2.24, 2.45) is 4.99 Å². The van der Waals surface area contributed by atoms with Gasteiger partial charge in [-0.1, -0.05) is 17.4 Å². The second-order valence-corrected chi connectivity index (χ2v) is 10.1. The van der Waals surface area contributed by atoms with Gasteiger partial charge in [-0.15, -0.1) is 0 Å². The number of fused-ring (bicyclic) bond motifs is 1. The third kappa shape index (κ3) is 5.08. The maximum absolute atomic E-state index is 13.8. The van der Waals surface area contributed by atoms with Gasteiger partial charge in [0.15, 0.2) is 27.8 Å². The van der Waals surface area contributed by atoms with E-state index in [9.17, 15) is 14.7 Å². The predicted molar refractivity (Wildman–Crippen MR) is 147 cm³/mol. The minimum Gasteiger partial charge on any atom is -0.503 e. The van der Waals surface area contributed by atoms with Gasteiger partial charge < -0.3 is 24.1 Å². The molecule has 0 unspecified atom stereocenters. The smallest absolute Gasteiger partial charge is 0.338 e. The molecule has 0 fully saturated rings. The summed E-state index contributed by atoms with van der Waals surface area (Å²) < 4.78 is 24.1. The Bertz CT molecular complexity index is 1610. The molecule has 0 spiro atoms. The number of hydrogen-bond acceptors (Lipinski definition) is 9. The van der Waals surface area contributed by atoms with E-state index >= 15 is 0 Å². The standard InChI is InChI=1S/C27H27BrN2O7S/c1-6-36-19-13-16(8-9-18(19)34-4)23-22(26(33)37-7-2)14(3)29-27-30(23)25(32)21(38-27)12-15-10-17(28)24(31)20(11-15)35-5/h8-13,23,31H,6-7H2,1-5H3/b21-12-/t23-/m1/s1. The zero-order valence-corrected chi connectivity index (χ0v) is 23.9. The summed E-state index contributed by atoms with van der Waals surface area (Å²) in [6.45, 7) is 5.90. The average molecular weight is 603 g/mol. The van der Waals surface area contributed by atoms with Crippen molar-refractivity contribution in [1.29, 1.82) is 0 Å². The molecule has 0 bridgehead atoms. The molecule has 0 aliphatic carbocycles. The van der Waals surface area contributed by atoms with Crippen LogP contribution in [0.3, 0.4) is 0 Å². The van der Waals surface area contributed by atoms with Gasteiger partial charge in [0.05, 0.1) is 53.8 Å². The number of nitrogens with zero attached hydrogens (tertiary/aromatic N) is 2. The Morgan fingerprint density at radius 2 is 1.87 bits per heavy atom. The number of ether oxygens (including phenoxy) is 4. The molecule has 1 aliphatic heterocycles. The molecule has 1 N–H and O–H groups in total. The van der Waals surface area contributed by atoms with Gasteiger partial charge in [0.2, 0.25) is 0 Å². The number of carbonyl (C=O) groups is 1. The minimum atomic E-state index is -0.793. The number of benzene rings is 2. The molecule has 1 atom stereocenters. The van der Waals surface area contributed by atoms with Gasteiger partial charge in [0.25, 0.3) is 5.56 Å². The minimum absolute atomic E-state index is 0.0366. The Kier molecular flexibility index (Phi) is 8.27. The molecule has 0 amide bonds. The molecule has 2 heterocycles. The van der Waals surface area contributed by atoms with Crippen LogP contribution < -0.4 is 29.1 Å². The number of carbonyl (C=O) groups excluding carboxylic acids is 1. The summed E-state index contributed by atoms with van der Waals surface area (Å²) in [5, 5.41) is 10.2. The van der Waals surface area contributed by atoms with E-state index < -0.39 is 12.0 Å². The van der Waals surface area contributed by atoms with E-state index in [4.69, 9.17) is 18.9 Å². The van der Waals surface area contributed by atoms with Crippen LogP contribution in [0.25, 0.3) is 6.08 Å². The Morgan fingerprint density at radius 1 is 1.13 bits per heavy atom. The molecule has 2 aromatic carbocycles. The molecule has 3 aromatic rings. The van der Waals surface area contributed by atoms with Gasteiger partial charge in [0, 0.05) is 0 Å². The molecule has 11 heteroatoms. The summed E-state index contributed by atoms with van der Waals surface area (Å²) in [7, 11) is 3.00. The number of aromatic hydroxyl groups is 1. The fourth-order valence-electron chi connectivity index (χ4n) is 4.22. The lowest BCUT2D eigenvalue weighted by molar-refractivity contribution is -0.139. The Hall–Kier alpha value is -3.57. The predicted octanol–water partition coefficient (Wildman–Crippen LogP) is 3.68. The average Bonchev–Trinajstić information content (AvgIpc) is 3.19. The van der Waals surface area contributed by atoms with Crippen LogP contribution in [0.15, 0.2) is 55.9 Å². The number of thiazole rings is 1. The Labute approximate surface area is 231 Å². The lowest BCUT2D eigenvalue weighted by Gasteiger charge is -2.25. The topological polar surface area (TPSA) is 109 Å². The van der Waals surface area contributed by atoms with E-state index in [1.807, 2.05) is 6.92 Å². The maximum atomic E-state index is 13.8. The molecule has 1 aromatic heterocycles. The number of phenols is 1. The first-order chi connectivity index (χ1) is 18.2. The lowest BCUT2D eigenvalue weighted by Crippen LogP contribution is -2.40. The number of aromatic nitrogens is 1. The molecule has 0 radical (unpaired) electrons. The SMILES string of the molecule is CCOC(=O)C1=C(C)N=c2s/c(=C\c3cc(Br)c(O)c(OC)c3)c(=O)n2[C@@H]1c1ccc(OC)c(OCC)c1. The second kappa shape index (κ2) is 11.4. The van der Waals surface area contributed by atoms with Crippen molar-refractivity contribution in [3.63, 3.8) is 0 Å². The largest absolute Gasteiger partial charge is 0.503 e. The van der Waals surface area contributed by atoms with Crippen molar-refractivity contribution in [1.82, 2.24) is 4.57 Å². The fourth-order valence-corrected chi connectivity index (χ4v) is 5.73. The summed E-state index contributed by atoms with van der Waals surface area (Å²) in [5.74, 6) is 0.708. The summed E-state index contributed by atoms with van der Waals surface area (Å²) in [4.78, 5) is 32.0. The number of hydrogen-bond donors (Lipinski definition) is 1.